The molecule has 1 aromatic carbocycles. The molecule has 1 aliphatic carbocycles. The summed E-state index contributed by atoms with van der Waals surface area (Å²) in [7, 11) is 1.61. The Morgan fingerprint density at radius 3 is 2.81 bits per heavy atom. The first-order chi connectivity index (χ1) is 12.7. The smallest absolute Gasteiger partial charge is 0.215 e. The normalized spacial score (nSPS) is 13.0. The number of hydrogen-bond acceptors (Lipinski definition) is 6. The van der Waals surface area contributed by atoms with Gasteiger partial charge in [0.1, 0.15) is 17.4 Å². The van der Waals surface area contributed by atoms with Crippen LogP contribution in [0.3, 0.4) is 0 Å². The fourth-order valence-corrected chi connectivity index (χ4v) is 4.77. The number of fused-ring (bicyclic) bond motifs is 1. The molecular formula is C20H18N2O2S2. The number of anilines is 1. The average molecular weight is 383 g/mol. The summed E-state index contributed by atoms with van der Waals surface area (Å²) in [5.74, 6) is 0.532. The summed E-state index contributed by atoms with van der Waals surface area (Å²) in [6.45, 7) is 0. The average Bonchev–Trinajstić information content (AvgIpc) is 3.07. The van der Waals surface area contributed by atoms with Crippen LogP contribution in [0, 0.1) is 11.3 Å². The fraction of sp³-hybridized carbons (Fsp3) is 0.200. The zero-order valence-corrected chi connectivity index (χ0v) is 16.2. The molecule has 4 nitrogen and oxygen atoms in total. The molecule has 0 saturated heterocycles. The highest BCUT2D eigenvalue weighted by atomic mass is 32.2. The van der Waals surface area contributed by atoms with E-state index in [2.05, 4.69) is 17.5 Å². The quantitative estimate of drug-likeness (QED) is 0.324. The lowest BCUT2D eigenvalue weighted by atomic mass is 9.97. The lowest BCUT2D eigenvalue weighted by Gasteiger charge is -2.08. The van der Waals surface area contributed by atoms with Crippen molar-refractivity contribution >= 4 is 40.6 Å². The van der Waals surface area contributed by atoms with Crippen molar-refractivity contribution < 1.29 is 9.53 Å². The van der Waals surface area contributed by atoms with Crippen LogP contribution in [0.1, 0.15) is 27.2 Å². The molecule has 0 unspecified atom stereocenters. The van der Waals surface area contributed by atoms with Crippen molar-refractivity contribution in [3.05, 3.63) is 58.1 Å². The van der Waals surface area contributed by atoms with Gasteiger partial charge in [-0.1, -0.05) is 12.2 Å². The van der Waals surface area contributed by atoms with Crippen LogP contribution in [0.15, 0.2) is 46.3 Å². The van der Waals surface area contributed by atoms with Gasteiger partial charge >= 0.3 is 0 Å². The van der Waals surface area contributed by atoms with E-state index in [4.69, 9.17) is 4.74 Å². The molecule has 0 saturated carbocycles. The predicted octanol–water partition coefficient (Wildman–Crippen LogP) is 5.14. The fourth-order valence-electron chi connectivity index (χ4n) is 2.75. The van der Waals surface area contributed by atoms with Gasteiger partial charge < -0.3 is 10.1 Å². The summed E-state index contributed by atoms with van der Waals surface area (Å²) >= 11 is 3.12. The number of carbonyl (C=O) groups is 1. The zero-order chi connectivity index (χ0) is 18.5. The van der Waals surface area contributed by atoms with E-state index < -0.39 is 0 Å². The second-order valence-electron chi connectivity index (χ2n) is 5.63. The van der Waals surface area contributed by atoms with Crippen molar-refractivity contribution in [2.75, 3.05) is 18.7 Å². The molecule has 1 heterocycles. The van der Waals surface area contributed by atoms with Crippen molar-refractivity contribution in [1.29, 1.82) is 5.26 Å². The number of thioether (sulfide) groups is 1. The third-order valence-electron chi connectivity index (χ3n) is 4.09. The molecule has 2 aromatic rings. The van der Waals surface area contributed by atoms with Crippen LogP contribution in [-0.4, -0.2) is 19.1 Å². The molecule has 3 rings (SSSR count). The van der Waals surface area contributed by atoms with Crippen LogP contribution >= 0.6 is 23.1 Å². The van der Waals surface area contributed by atoms with Gasteiger partial charge in [-0.2, -0.15) is 5.26 Å². The maximum Gasteiger partial charge on any atom is 0.215 e. The number of Topliss-reactive ketones (excluding diaryl/α,β-unsaturated/α-hetero) is 1. The van der Waals surface area contributed by atoms with Gasteiger partial charge in [0.05, 0.1) is 16.2 Å². The van der Waals surface area contributed by atoms with Crippen LogP contribution < -0.4 is 10.1 Å². The third-order valence-corrected chi connectivity index (χ3v) is 6.47. The molecule has 0 aliphatic heterocycles. The Morgan fingerprint density at radius 1 is 1.38 bits per heavy atom. The van der Waals surface area contributed by atoms with Gasteiger partial charge in [-0.25, -0.2) is 0 Å². The summed E-state index contributed by atoms with van der Waals surface area (Å²) in [5.41, 5.74) is 3.09. The number of nitriles is 1. The lowest BCUT2D eigenvalue weighted by Crippen LogP contribution is -2.06. The number of ketones is 1. The number of thiophene rings is 1. The molecule has 0 radical (unpaired) electrons. The molecule has 0 spiro atoms. The number of carbonyl (C=O) groups excluding carboxylic acids is 1. The minimum atomic E-state index is -0.217. The van der Waals surface area contributed by atoms with E-state index in [0.29, 0.717) is 4.88 Å². The van der Waals surface area contributed by atoms with E-state index in [1.807, 2.05) is 36.6 Å². The first-order valence-electron chi connectivity index (χ1n) is 8.09. The number of methoxy groups -OCH3 is 1. The molecule has 0 atom stereocenters. The van der Waals surface area contributed by atoms with Crippen LogP contribution in [0.4, 0.5) is 5.69 Å². The van der Waals surface area contributed by atoms with E-state index in [9.17, 15) is 10.1 Å². The van der Waals surface area contributed by atoms with Gasteiger partial charge in [-0.3, -0.25) is 4.79 Å². The molecule has 1 N–H and O–H groups in total. The Balaban J connectivity index is 1.86. The topological polar surface area (TPSA) is 62.1 Å². The molecular weight excluding hydrogens is 364 g/mol. The summed E-state index contributed by atoms with van der Waals surface area (Å²) in [4.78, 5) is 13.6. The highest BCUT2D eigenvalue weighted by molar-refractivity contribution is 8.00. The Labute approximate surface area is 161 Å². The molecule has 132 valence electrons. The van der Waals surface area contributed by atoms with E-state index in [1.54, 1.807) is 18.9 Å². The van der Waals surface area contributed by atoms with Gasteiger partial charge in [0.15, 0.2) is 0 Å². The SMILES string of the molecule is COc1ccc(N/C=C(\C#N)C(=O)c2sc(SC)c3c2CCC=C3)cc1. The van der Waals surface area contributed by atoms with Gasteiger partial charge in [0.25, 0.3) is 0 Å². The van der Waals surface area contributed by atoms with Crippen molar-refractivity contribution in [2.45, 2.75) is 17.1 Å². The standard InChI is InChI=1S/C20H18N2O2S2/c1-24-15-9-7-14(8-10-15)22-12-13(11-21)18(23)19-16-5-3-4-6-17(16)20(25-2)26-19/h4,6-10,12,22H,3,5H2,1-2H3/b13-12+. The molecule has 1 aromatic heterocycles. The molecule has 26 heavy (non-hydrogen) atoms. The van der Waals surface area contributed by atoms with Crippen molar-refractivity contribution in [2.24, 2.45) is 0 Å². The van der Waals surface area contributed by atoms with Gasteiger partial charge in [-0.15, -0.1) is 23.1 Å². The van der Waals surface area contributed by atoms with Gasteiger partial charge in [0.2, 0.25) is 5.78 Å². The highest BCUT2D eigenvalue weighted by Crippen LogP contribution is 2.39. The summed E-state index contributed by atoms with van der Waals surface area (Å²) in [6, 6.07) is 9.33. The maximum absolute atomic E-state index is 12.9. The largest absolute Gasteiger partial charge is 0.497 e. The minimum absolute atomic E-state index is 0.104. The van der Waals surface area contributed by atoms with Gasteiger partial charge in [-0.05, 0) is 48.9 Å². The second-order valence-corrected chi connectivity index (χ2v) is 7.72. The van der Waals surface area contributed by atoms with Gasteiger partial charge in [0, 0.05) is 17.5 Å². The van der Waals surface area contributed by atoms with Crippen LogP contribution in [0.5, 0.6) is 5.75 Å². The van der Waals surface area contributed by atoms with Crippen LogP contribution in [0.25, 0.3) is 6.08 Å². The highest BCUT2D eigenvalue weighted by Gasteiger charge is 2.24. The maximum atomic E-state index is 12.9. The van der Waals surface area contributed by atoms with Crippen LogP contribution in [0.2, 0.25) is 0 Å². The Kier molecular flexibility index (Phi) is 5.82. The van der Waals surface area contributed by atoms with Crippen LogP contribution in [-0.2, 0) is 6.42 Å². The number of nitrogens with one attached hydrogen (secondary N) is 1. The number of ether oxygens (including phenoxy) is 1. The first-order valence-corrected chi connectivity index (χ1v) is 10.1. The summed E-state index contributed by atoms with van der Waals surface area (Å²) < 4.78 is 6.25. The Hall–Kier alpha value is -2.49. The second kappa shape index (κ2) is 8.26. The predicted molar refractivity (Wildman–Crippen MR) is 108 cm³/mol. The summed E-state index contributed by atoms with van der Waals surface area (Å²) in [5, 5.41) is 12.5. The number of nitrogens with zero attached hydrogens (tertiary/aromatic N) is 1. The molecule has 1 aliphatic rings. The Bertz CT molecular complexity index is 919. The van der Waals surface area contributed by atoms with E-state index in [-0.39, 0.29) is 11.4 Å². The van der Waals surface area contributed by atoms with E-state index in [0.717, 1.165) is 39.6 Å². The van der Waals surface area contributed by atoms with Crippen molar-refractivity contribution in [1.82, 2.24) is 0 Å². The van der Waals surface area contributed by atoms with E-state index in [1.165, 1.54) is 17.5 Å². The Morgan fingerprint density at radius 2 is 2.15 bits per heavy atom. The number of rotatable bonds is 6. The third kappa shape index (κ3) is 3.69. The van der Waals surface area contributed by atoms with Crippen molar-refractivity contribution in [3.63, 3.8) is 0 Å². The molecule has 0 amide bonds. The molecule has 0 fully saturated rings. The molecule has 6 heteroatoms. The summed E-state index contributed by atoms with van der Waals surface area (Å²) in [6.07, 6.45) is 9.48. The lowest BCUT2D eigenvalue weighted by molar-refractivity contribution is 0.104. The van der Waals surface area contributed by atoms with E-state index >= 15 is 0 Å². The number of benzene rings is 1. The zero-order valence-electron chi connectivity index (χ0n) is 14.5. The number of hydrogen-bond donors (Lipinski definition) is 1. The number of allylic oxidation sites excluding steroid dienone is 2. The first kappa shape index (κ1) is 18.3. The molecule has 0 bridgehead atoms. The monoisotopic (exact) mass is 382 g/mol. The minimum Gasteiger partial charge on any atom is -0.497 e. The van der Waals surface area contributed by atoms with Crippen molar-refractivity contribution in [3.8, 4) is 11.8 Å².